The first-order valence-corrected chi connectivity index (χ1v) is 7.59. The summed E-state index contributed by atoms with van der Waals surface area (Å²) in [5.74, 6) is 0.565. The van der Waals surface area contributed by atoms with Crippen LogP contribution in [0.1, 0.15) is 34.5 Å². The number of hydrogen-bond acceptors (Lipinski definition) is 5. The van der Waals surface area contributed by atoms with Crippen LogP contribution in [0.25, 0.3) is 0 Å². The summed E-state index contributed by atoms with van der Waals surface area (Å²) < 4.78 is 5.36. The number of fused-ring (bicyclic) bond motifs is 2. The van der Waals surface area contributed by atoms with E-state index in [1.807, 2.05) is 6.07 Å². The summed E-state index contributed by atoms with van der Waals surface area (Å²) in [5.41, 5.74) is 2.80. The molecule has 0 amide bonds. The fourth-order valence-electron chi connectivity index (χ4n) is 3.36. The monoisotopic (exact) mass is 311 g/mol. The van der Waals surface area contributed by atoms with Gasteiger partial charge in [0.15, 0.2) is 5.69 Å². The van der Waals surface area contributed by atoms with Crippen LogP contribution >= 0.6 is 0 Å². The summed E-state index contributed by atoms with van der Waals surface area (Å²) in [6.07, 6.45) is 5.18. The molecule has 1 N–H and O–H groups in total. The van der Waals surface area contributed by atoms with Crippen molar-refractivity contribution >= 4 is 11.8 Å². The number of aromatic nitrogens is 2. The Morgan fingerprint density at radius 1 is 1.30 bits per heavy atom. The molecule has 1 fully saturated rings. The molecule has 1 aliphatic heterocycles. The first-order chi connectivity index (χ1) is 11.1. The standard InChI is InChI=1S/C17H17N3O3/c1-23-12-3-2-11-9-20(10-17(4-5-17)13(11)6-12)15-8-18-14(7-19-15)16(21)22/h2-3,6-8H,4-5,9-10H2,1H3,(H,21,22). The van der Waals surface area contributed by atoms with Crippen molar-refractivity contribution in [1.82, 2.24) is 9.97 Å². The topological polar surface area (TPSA) is 75.5 Å². The fourth-order valence-corrected chi connectivity index (χ4v) is 3.36. The molecule has 0 unspecified atom stereocenters. The molecule has 1 aromatic heterocycles. The van der Waals surface area contributed by atoms with Crippen LogP contribution in [0.3, 0.4) is 0 Å². The Morgan fingerprint density at radius 2 is 2.13 bits per heavy atom. The van der Waals surface area contributed by atoms with Crippen molar-refractivity contribution in [3.8, 4) is 5.75 Å². The van der Waals surface area contributed by atoms with Gasteiger partial charge in [0, 0.05) is 18.5 Å². The Kier molecular flexibility index (Phi) is 3.01. The Morgan fingerprint density at radius 3 is 2.74 bits per heavy atom. The Labute approximate surface area is 133 Å². The van der Waals surface area contributed by atoms with Crippen molar-refractivity contribution in [2.24, 2.45) is 0 Å². The number of ether oxygens (including phenoxy) is 1. The predicted octanol–water partition coefficient (Wildman–Crippen LogP) is 2.24. The number of carboxylic acid groups (broad SMARTS) is 1. The molecule has 0 radical (unpaired) electrons. The minimum Gasteiger partial charge on any atom is -0.497 e. The zero-order valence-corrected chi connectivity index (χ0v) is 12.8. The summed E-state index contributed by atoms with van der Waals surface area (Å²) in [7, 11) is 1.69. The van der Waals surface area contributed by atoms with Gasteiger partial charge < -0.3 is 14.7 Å². The van der Waals surface area contributed by atoms with E-state index in [0.717, 1.165) is 37.5 Å². The van der Waals surface area contributed by atoms with Gasteiger partial charge in [0.2, 0.25) is 0 Å². The molecule has 2 aromatic rings. The summed E-state index contributed by atoms with van der Waals surface area (Å²) in [5, 5.41) is 8.93. The molecule has 23 heavy (non-hydrogen) atoms. The van der Waals surface area contributed by atoms with Crippen molar-refractivity contribution in [2.45, 2.75) is 24.8 Å². The van der Waals surface area contributed by atoms with Gasteiger partial charge >= 0.3 is 5.97 Å². The lowest BCUT2D eigenvalue weighted by Gasteiger charge is -2.35. The summed E-state index contributed by atoms with van der Waals surface area (Å²) in [6, 6.07) is 6.25. The van der Waals surface area contributed by atoms with Gasteiger partial charge in [-0.25, -0.2) is 14.8 Å². The molecule has 1 saturated carbocycles. The van der Waals surface area contributed by atoms with Crippen LogP contribution in [0.4, 0.5) is 5.82 Å². The molecular weight excluding hydrogens is 294 g/mol. The Bertz CT molecular complexity index is 769. The van der Waals surface area contributed by atoms with Gasteiger partial charge in [-0.1, -0.05) is 6.07 Å². The number of carboxylic acids is 1. The molecular formula is C17H17N3O3. The average Bonchev–Trinajstić information content (AvgIpc) is 3.34. The molecule has 6 heteroatoms. The minimum absolute atomic E-state index is 0.0305. The first kappa shape index (κ1) is 14.0. The molecule has 118 valence electrons. The van der Waals surface area contributed by atoms with Crippen molar-refractivity contribution < 1.29 is 14.6 Å². The number of rotatable bonds is 3. The number of nitrogens with zero attached hydrogens (tertiary/aromatic N) is 3. The van der Waals surface area contributed by atoms with E-state index in [1.165, 1.54) is 17.3 Å². The number of aromatic carboxylic acids is 1. The maximum atomic E-state index is 10.9. The van der Waals surface area contributed by atoms with E-state index >= 15 is 0 Å². The van der Waals surface area contributed by atoms with E-state index in [0.29, 0.717) is 0 Å². The third kappa shape index (κ3) is 2.30. The lowest BCUT2D eigenvalue weighted by atomic mass is 9.87. The van der Waals surface area contributed by atoms with Crippen LogP contribution in [0, 0.1) is 0 Å². The van der Waals surface area contributed by atoms with Crippen molar-refractivity contribution in [2.75, 3.05) is 18.6 Å². The van der Waals surface area contributed by atoms with Gasteiger partial charge in [-0.05, 0) is 36.1 Å². The van der Waals surface area contributed by atoms with Crippen LogP contribution in [0.2, 0.25) is 0 Å². The molecule has 0 saturated heterocycles. The van der Waals surface area contributed by atoms with Crippen LogP contribution in [0.5, 0.6) is 5.75 Å². The molecule has 0 atom stereocenters. The van der Waals surface area contributed by atoms with E-state index in [-0.39, 0.29) is 11.1 Å². The van der Waals surface area contributed by atoms with Crippen LogP contribution in [-0.2, 0) is 12.0 Å². The second kappa shape index (κ2) is 4.94. The van der Waals surface area contributed by atoms with E-state index in [1.54, 1.807) is 13.3 Å². The SMILES string of the molecule is COc1ccc2c(c1)C1(CC1)CN(c1cnc(C(=O)O)cn1)C2. The Hall–Kier alpha value is -2.63. The van der Waals surface area contributed by atoms with E-state index in [2.05, 4.69) is 27.0 Å². The number of methoxy groups -OCH3 is 1. The zero-order chi connectivity index (χ0) is 16.0. The summed E-state index contributed by atoms with van der Waals surface area (Å²) in [4.78, 5) is 21.3. The largest absolute Gasteiger partial charge is 0.497 e. The number of carbonyl (C=O) groups is 1. The van der Waals surface area contributed by atoms with E-state index in [9.17, 15) is 4.79 Å². The zero-order valence-electron chi connectivity index (χ0n) is 12.8. The third-order valence-corrected chi connectivity index (χ3v) is 4.78. The number of hydrogen-bond donors (Lipinski definition) is 1. The van der Waals surface area contributed by atoms with Gasteiger partial charge in [-0.3, -0.25) is 0 Å². The molecule has 4 rings (SSSR count). The van der Waals surface area contributed by atoms with Gasteiger partial charge in [-0.2, -0.15) is 0 Å². The number of anilines is 1. The summed E-state index contributed by atoms with van der Waals surface area (Å²) >= 11 is 0. The molecule has 2 aliphatic rings. The molecule has 6 nitrogen and oxygen atoms in total. The summed E-state index contributed by atoms with van der Waals surface area (Å²) in [6.45, 7) is 1.64. The van der Waals surface area contributed by atoms with Crippen molar-refractivity contribution in [3.05, 3.63) is 47.4 Å². The van der Waals surface area contributed by atoms with Crippen LogP contribution in [-0.4, -0.2) is 34.7 Å². The van der Waals surface area contributed by atoms with Crippen molar-refractivity contribution in [3.63, 3.8) is 0 Å². The van der Waals surface area contributed by atoms with Gasteiger partial charge in [0.25, 0.3) is 0 Å². The predicted molar refractivity (Wildman–Crippen MR) is 83.9 cm³/mol. The first-order valence-electron chi connectivity index (χ1n) is 7.59. The number of benzene rings is 1. The van der Waals surface area contributed by atoms with Crippen molar-refractivity contribution in [1.29, 1.82) is 0 Å². The lowest BCUT2D eigenvalue weighted by Crippen LogP contribution is -2.38. The van der Waals surface area contributed by atoms with Crippen LogP contribution in [0.15, 0.2) is 30.6 Å². The fraction of sp³-hybridized carbons (Fsp3) is 0.353. The highest BCUT2D eigenvalue weighted by Gasteiger charge is 2.49. The normalized spacial score (nSPS) is 17.7. The highest BCUT2D eigenvalue weighted by Crippen LogP contribution is 2.53. The molecule has 0 bridgehead atoms. The van der Waals surface area contributed by atoms with Gasteiger partial charge in [0.1, 0.15) is 11.6 Å². The molecule has 1 aliphatic carbocycles. The van der Waals surface area contributed by atoms with Gasteiger partial charge in [0.05, 0.1) is 19.5 Å². The second-order valence-corrected chi connectivity index (χ2v) is 6.22. The minimum atomic E-state index is -1.06. The highest BCUT2D eigenvalue weighted by molar-refractivity contribution is 5.84. The van der Waals surface area contributed by atoms with E-state index in [4.69, 9.17) is 9.84 Å². The smallest absolute Gasteiger partial charge is 0.356 e. The quantitative estimate of drug-likeness (QED) is 0.937. The average molecular weight is 311 g/mol. The second-order valence-electron chi connectivity index (χ2n) is 6.22. The maximum absolute atomic E-state index is 10.9. The third-order valence-electron chi connectivity index (χ3n) is 4.78. The lowest BCUT2D eigenvalue weighted by molar-refractivity contribution is 0.0690. The molecule has 2 heterocycles. The van der Waals surface area contributed by atoms with Gasteiger partial charge in [-0.15, -0.1) is 0 Å². The maximum Gasteiger partial charge on any atom is 0.356 e. The van der Waals surface area contributed by atoms with E-state index < -0.39 is 5.97 Å². The molecule has 1 spiro atoms. The Balaban J connectivity index is 1.67. The molecule has 1 aromatic carbocycles. The highest BCUT2D eigenvalue weighted by atomic mass is 16.5. The van der Waals surface area contributed by atoms with Crippen LogP contribution < -0.4 is 9.64 Å².